The van der Waals surface area contributed by atoms with Gasteiger partial charge < -0.3 is 4.90 Å². The average Bonchev–Trinajstić information content (AvgIpc) is 3.47. The van der Waals surface area contributed by atoms with Crippen molar-refractivity contribution in [2.75, 3.05) is 24.2 Å². The topological polar surface area (TPSA) is 77.5 Å². The van der Waals surface area contributed by atoms with E-state index in [1.165, 1.54) is 48.6 Å². The molecule has 0 amide bonds. The third-order valence-electron chi connectivity index (χ3n) is 5.48. The number of nitriles is 1. The summed E-state index contributed by atoms with van der Waals surface area (Å²) in [5, 5.41) is 21.8. The first-order valence-electron chi connectivity index (χ1n) is 11.3. The fraction of sp³-hybridized carbons (Fsp3) is 0.458. The highest BCUT2D eigenvalue weighted by Crippen LogP contribution is 2.47. The standard InChI is InChI=1S/C24H30N6S3/c1-5-8-12-17(6-2)16-31-24-26-23(33-29-24)28-27-21-20(18-13-10-9-11-14-18)19(15-25)22(32-21)30(4)7-3/h9-11,13-14,17H,5-8,12,16H2,1-4H3. The molecule has 0 aliphatic heterocycles. The molecule has 2 aromatic heterocycles. The third-order valence-corrected chi connectivity index (χ3v) is 8.46. The molecule has 0 fully saturated rings. The molecule has 0 spiro atoms. The normalized spacial score (nSPS) is 12.2. The van der Waals surface area contributed by atoms with E-state index in [2.05, 4.69) is 51.3 Å². The largest absolute Gasteiger partial charge is 0.366 e. The molecule has 33 heavy (non-hydrogen) atoms. The van der Waals surface area contributed by atoms with E-state index in [0.29, 0.717) is 21.6 Å². The van der Waals surface area contributed by atoms with E-state index in [-0.39, 0.29) is 0 Å². The maximum atomic E-state index is 9.92. The number of azo groups is 1. The second-order valence-corrected chi connectivity index (χ2v) is 10.4. The van der Waals surface area contributed by atoms with E-state index in [9.17, 15) is 5.26 Å². The van der Waals surface area contributed by atoms with Crippen LogP contribution in [0.4, 0.5) is 15.1 Å². The Kier molecular flexibility index (Phi) is 9.85. The molecule has 9 heteroatoms. The van der Waals surface area contributed by atoms with Crippen LogP contribution in [0.1, 0.15) is 52.0 Å². The second-order valence-electron chi connectivity index (χ2n) is 7.74. The molecule has 0 saturated carbocycles. The summed E-state index contributed by atoms with van der Waals surface area (Å²) in [6.45, 7) is 7.35. The highest BCUT2D eigenvalue weighted by molar-refractivity contribution is 7.99. The minimum atomic E-state index is 0.537. The van der Waals surface area contributed by atoms with Crippen molar-refractivity contribution in [1.29, 1.82) is 5.26 Å². The van der Waals surface area contributed by atoms with Crippen LogP contribution in [0.5, 0.6) is 0 Å². The number of benzene rings is 1. The zero-order valence-electron chi connectivity index (χ0n) is 19.6. The van der Waals surface area contributed by atoms with Crippen LogP contribution in [-0.2, 0) is 0 Å². The van der Waals surface area contributed by atoms with Crippen LogP contribution in [0.25, 0.3) is 11.1 Å². The quantitative estimate of drug-likeness (QED) is 0.185. The predicted molar refractivity (Wildman–Crippen MR) is 142 cm³/mol. The van der Waals surface area contributed by atoms with Gasteiger partial charge in [-0.1, -0.05) is 86.5 Å². The molecule has 1 atom stereocenters. The van der Waals surface area contributed by atoms with Crippen LogP contribution < -0.4 is 4.90 Å². The van der Waals surface area contributed by atoms with Crippen molar-refractivity contribution >= 4 is 49.8 Å². The first-order chi connectivity index (χ1) is 16.1. The lowest BCUT2D eigenvalue weighted by atomic mass is 10.0. The molecular formula is C24H30N6S3. The number of hydrogen-bond donors (Lipinski definition) is 0. The van der Waals surface area contributed by atoms with Gasteiger partial charge in [-0.3, -0.25) is 0 Å². The minimum Gasteiger partial charge on any atom is -0.366 e. The van der Waals surface area contributed by atoms with Crippen LogP contribution >= 0.6 is 34.6 Å². The van der Waals surface area contributed by atoms with E-state index < -0.39 is 0 Å². The van der Waals surface area contributed by atoms with E-state index >= 15 is 0 Å². The van der Waals surface area contributed by atoms with Gasteiger partial charge in [0.05, 0.1) is 5.56 Å². The molecule has 0 aliphatic carbocycles. The molecule has 1 aromatic carbocycles. The molecule has 6 nitrogen and oxygen atoms in total. The zero-order valence-corrected chi connectivity index (χ0v) is 22.1. The van der Waals surface area contributed by atoms with Gasteiger partial charge >= 0.3 is 0 Å². The highest BCUT2D eigenvalue weighted by Gasteiger charge is 2.22. The molecule has 1 unspecified atom stereocenters. The Morgan fingerprint density at radius 2 is 1.97 bits per heavy atom. The first kappa shape index (κ1) is 25.3. The SMILES string of the molecule is CCCCC(CC)CSc1nsc(N=Nc2sc(N(C)CC)c(C#N)c2-c2ccccc2)n1. The Bertz CT molecular complexity index is 1080. The Morgan fingerprint density at radius 3 is 2.64 bits per heavy atom. The second kappa shape index (κ2) is 12.8. The average molecular weight is 499 g/mol. The molecule has 0 N–H and O–H groups in total. The number of thiophene rings is 1. The smallest absolute Gasteiger partial charge is 0.250 e. The van der Waals surface area contributed by atoms with Gasteiger partial charge in [0.15, 0.2) is 0 Å². The number of unbranched alkanes of at least 4 members (excludes halogenated alkanes) is 1. The summed E-state index contributed by atoms with van der Waals surface area (Å²) in [5.41, 5.74) is 2.42. The van der Waals surface area contributed by atoms with Gasteiger partial charge in [-0.05, 0) is 24.8 Å². The van der Waals surface area contributed by atoms with Crippen LogP contribution in [0, 0.1) is 17.2 Å². The summed E-state index contributed by atoms with van der Waals surface area (Å²) in [6, 6.07) is 12.3. The first-order valence-corrected chi connectivity index (χ1v) is 13.9. The Morgan fingerprint density at radius 1 is 1.18 bits per heavy atom. The van der Waals surface area contributed by atoms with Crippen molar-refractivity contribution in [3.8, 4) is 17.2 Å². The molecule has 2 heterocycles. The Balaban J connectivity index is 1.83. The van der Waals surface area contributed by atoms with Crippen molar-refractivity contribution in [2.45, 2.75) is 51.6 Å². The number of thioether (sulfide) groups is 1. The summed E-state index contributed by atoms with van der Waals surface area (Å²) < 4.78 is 4.46. The van der Waals surface area contributed by atoms with Crippen molar-refractivity contribution in [1.82, 2.24) is 9.36 Å². The van der Waals surface area contributed by atoms with Crippen molar-refractivity contribution in [2.24, 2.45) is 16.1 Å². The summed E-state index contributed by atoms with van der Waals surface area (Å²) >= 11 is 4.45. The van der Waals surface area contributed by atoms with Gasteiger partial charge in [-0.2, -0.15) is 14.6 Å². The molecular weight excluding hydrogens is 469 g/mol. The molecule has 0 bridgehead atoms. The van der Waals surface area contributed by atoms with Crippen molar-refractivity contribution < 1.29 is 0 Å². The predicted octanol–water partition coefficient (Wildman–Crippen LogP) is 8.32. The van der Waals surface area contributed by atoms with Crippen LogP contribution in [0.15, 0.2) is 45.7 Å². The Labute approximate surface area is 209 Å². The van der Waals surface area contributed by atoms with Crippen LogP contribution in [0.2, 0.25) is 0 Å². The third kappa shape index (κ3) is 6.62. The fourth-order valence-electron chi connectivity index (χ4n) is 3.35. The zero-order chi connectivity index (χ0) is 23.6. The van der Waals surface area contributed by atoms with E-state index in [1.807, 2.05) is 37.4 Å². The number of hydrogen-bond acceptors (Lipinski definition) is 9. The molecule has 3 rings (SSSR count). The Hall–Kier alpha value is -2.28. The lowest BCUT2D eigenvalue weighted by Gasteiger charge is -2.14. The maximum absolute atomic E-state index is 9.92. The van der Waals surface area contributed by atoms with Gasteiger partial charge in [-0.25, -0.2) is 0 Å². The summed E-state index contributed by atoms with van der Waals surface area (Å²) in [7, 11) is 1.99. The van der Waals surface area contributed by atoms with Crippen molar-refractivity contribution in [3.05, 3.63) is 35.9 Å². The maximum Gasteiger partial charge on any atom is 0.250 e. The fourth-order valence-corrected chi connectivity index (χ4v) is 6.19. The monoisotopic (exact) mass is 498 g/mol. The molecule has 174 valence electrons. The van der Waals surface area contributed by atoms with Gasteiger partial charge in [0, 0.05) is 36.4 Å². The lowest BCUT2D eigenvalue weighted by Crippen LogP contribution is -2.15. The highest BCUT2D eigenvalue weighted by atomic mass is 32.2. The molecule has 0 saturated heterocycles. The number of aromatic nitrogens is 2. The molecule has 3 aromatic rings. The van der Waals surface area contributed by atoms with E-state index in [4.69, 9.17) is 0 Å². The van der Waals surface area contributed by atoms with Crippen LogP contribution in [0.3, 0.4) is 0 Å². The molecule has 0 radical (unpaired) electrons. The summed E-state index contributed by atoms with van der Waals surface area (Å²) in [6.07, 6.45) is 4.94. The van der Waals surface area contributed by atoms with Gasteiger partial charge in [0.25, 0.3) is 0 Å². The summed E-state index contributed by atoms with van der Waals surface area (Å²) in [5.74, 6) is 1.73. The van der Waals surface area contributed by atoms with Crippen LogP contribution in [-0.4, -0.2) is 28.7 Å². The lowest BCUT2D eigenvalue weighted by molar-refractivity contribution is 0.499. The molecule has 0 aliphatic rings. The van der Waals surface area contributed by atoms with E-state index in [1.54, 1.807) is 11.8 Å². The minimum absolute atomic E-state index is 0.537. The van der Waals surface area contributed by atoms with Gasteiger partial charge in [-0.15, -0.1) is 10.2 Å². The number of nitrogens with zero attached hydrogens (tertiary/aromatic N) is 6. The van der Waals surface area contributed by atoms with Crippen molar-refractivity contribution in [3.63, 3.8) is 0 Å². The summed E-state index contributed by atoms with van der Waals surface area (Å²) in [4.78, 5) is 6.62. The van der Waals surface area contributed by atoms with E-state index in [0.717, 1.165) is 33.6 Å². The number of anilines is 1. The van der Waals surface area contributed by atoms with Gasteiger partial charge in [0.2, 0.25) is 10.3 Å². The number of rotatable bonds is 12. The van der Waals surface area contributed by atoms with Gasteiger partial charge in [0.1, 0.15) is 16.1 Å².